The second kappa shape index (κ2) is 14.1. The van der Waals surface area contributed by atoms with E-state index in [1.54, 1.807) is 0 Å². The average Bonchev–Trinajstić information content (AvgIpc) is 2.64. The fraction of sp³-hybridized carbons (Fsp3) is 1.00. The summed E-state index contributed by atoms with van der Waals surface area (Å²) in [6.45, 7) is 44.8. The van der Waals surface area contributed by atoms with Crippen molar-refractivity contribution in [3.05, 3.63) is 0 Å². The Bertz CT molecular complexity index is 566. The van der Waals surface area contributed by atoms with Gasteiger partial charge in [0.15, 0.2) is 0 Å². The number of hydrogen-bond acceptors (Lipinski definition) is 4. The van der Waals surface area contributed by atoms with E-state index in [2.05, 4.69) is 145 Å². The van der Waals surface area contributed by atoms with E-state index in [0.717, 1.165) is 13.1 Å². The van der Waals surface area contributed by atoms with Crippen molar-refractivity contribution in [1.82, 2.24) is 20.4 Å². The van der Waals surface area contributed by atoms with Crippen LogP contribution in [0.15, 0.2) is 0 Å². The van der Waals surface area contributed by atoms with E-state index in [1.165, 1.54) is 38.5 Å². The lowest BCUT2D eigenvalue weighted by Gasteiger charge is -2.51. The third-order valence-electron chi connectivity index (χ3n) is 7.87. The molecule has 2 unspecified atom stereocenters. The van der Waals surface area contributed by atoms with Gasteiger partial charge in [-0.1, -0.05) is 13.8 Å². The van der Waals surface area contributed by atoms with E-state index in [9.17, 15) is 0 Å². The maximum Gasteiger partial charge on any atom is 0.0140 e. The molecule has 0 aliphatic heterocycles. The lowest BCUT2D eigenvalue weighted by atomic mass is 9.85. The van der Waals surface area contributed by atoms with Gasteiger partial charge in [-0.05, 0) is 162 Å². The normalized spacial score (nSPS) is 16.4. The van der Waals surface area contributed by atoms with Crippen LogP contribution in [0.4, 0.5) is 0 Å². The number of nitrogens with one attached hydrogen (secondary N) is 2. The summed E-state index contributed by atoms with van der Waals surface area (Å²) >= 11 is 0. The highest BCUT2D eigenvalue weighted by molar-refractivity contribution is 4.96. The van der Waals surface area contributed by atoms with Gasteiger partial charge < -0.3 is 10.6 Å². The van der Waals surface area contributed by atoms with Crippen LogP contribution in [0.2, 0.25) is 0 Å². The SMILES string of the molecule is CCC(CC(C)(C)NCCCCNC(C)(C)CC(CC)N(C(C)(C)C)C(C)(C)C)N(C(C)(C)C)C(C)(C)C. The fourth-order valence-corrected chi connectivity index (χ4v) is 7.47. The molecule has 2 atom stereocenters. The van der Waals surface area contributed by atoms with Crippen LogP contribution in [0.5, 0.6) is 0 Å². The second-order valence-corrected chi connectivity index (χ2v) is 17.3. The Kier molecular flexibility index (Phi) is 14.1. The molecule has 0 saturated carbocycles. The highest BCUT2D eigenvalue weighted by Crippen LogP contribution is 2.34. The minimum absolute atomic E-state index is 0.125. The van der Waals surface area contributed by atoms with E-state index in [-0.39, 0.29) is 33.2 Å². The summed E-state index contributed by atoms with van der Waals surface area (Å²) in [5.74, 6) is 0. The molecular weight excluding hydrogens is 464 g/mol. The third-order valence-corrected chi connectivity index (χ3v) is 7.87. The van der Waals surface area contributed by atoms with Gasteiger partial charge in [0.25, 0.3) is 0 Å². The largest absolute Gasteiger partial charge is 0.312 e. The predicted molar refractivity (Wildman–Crippen MR) is 173 cm³/mol. The van der Waals surface area contributed by atoms with Gasteiger partial charge in [0.2, 0.25) is 0 Å². The Hall–Kier alpha value is -0.160. The average molecular weight is 539 g/mol. The molecule has 4 nitrogen and oxygen atoms in total. The molecule has 0 aromatic heterocycles. The number of rotatable bonds is 15. The van der Waals surface area contributed by atoms with E-state index >= 15 is 0 Å². The van der Waals surface area contributed by atoms with Crippen LogP contribution < -0.4 is 10.6 Å². The van der Waals surface area contributed by atoms with Crippen molar-refractivity contribution >= 4 is 0 Å². The molecule has 0 aliphatic carbocycles. The van der Waals surface area contributed by atoms with Crippen LogP contribution in [0.3, 0.4) is 0 Å². The van der Waals surface area contributed by atoms with E-state index in [1.807, 2.05) is 0 Å². The Morgan fingerprint density at radius 1 is 0.447 bits per heavy atom. The maximum atomic E-state index is 3.91. The fourth-order valence-electron chi connectivity index (χ4n) is 7.47. The van der Waals surface area contributed by atoms with E-state index in [0.29, 0.717) is 12.1 Å². The van der Waals surface area contributed by atoms with Crippen LogP contribution in [0.1, 0.15) is 163 Å². The van der Waals surface area contributed by atoms with Crippen molar-refractivity contribution in [2.24, 2.45) is 0 Å². The first kappa shape index (κ1) is 37.8. The highest BCUT2D eigenvalue weighted by atomic mass is 15.3. The Morgan fingerprint density at radius 2 is 0.684 bits per heavy atom. The molecule has 0 fully saturated rings. The molecule has 0 spiro atoms. The van der Waals surface area contributed by atoms with Crippen molar-refractivity contribution in [3.8, 4) is 0 Å². The lowest BCUT2D eigenvalue weighted by molar-refractivity contribution is -0.0191. The first-order valence-electron chi connectivity index (χ1n) is 15.9. The van der Waals surface area contributed by atoms with Crippen LogP contribution in [0.25, 0.3) is 0 Å². The molecule has 0 rings (SSSR count). The third kappa shape index (κ3) is 13.5. The summed E-state index contributed by atoms with van der Waals surface area (Å²) in [5.41, 5.74) is 0.865. The van der Waals surface area contributed by atoms with Crippen LogP contribution >= 0.6 is 0 Å². The monoisotopic (exact) mass is 539 g/mol. The lowest BCUT2D eigenvalue weighted by Crippen LogP contribution is -2.59. The minimum Gasteiger partial charge on any atom is -0.312 e. The Labute approximate surface area is 241 Å². The maximum absolute atomic E-state index is 3.91. The van der Waals surface area contributed by atoms with Crippen LogP contribution in [0, 0.1) is 0 Å². The number of unbranched alkanes of at least 4 members (excludes halogenated alkanes) is 1. The van der Waals surface area contributed by atoms with Gasteiger partial charge in [-0.25, -0.2) is 0 Å². The zero-order valence-electron chi connectivity index (χ0n) is 29.7. The smallest absolute Gasteiger partial charge is 0.0140 e. The summed E-state index contributed by atoms with van der Waals surface area (Å²) in [7, 11) is 0. The summed E-state index contributed by atoms with van der Waals surface area (Å²) in [6.07, 6.45) is 7.11. The summed E-state index contributed by atoms with van der Waals surface area (Å²) in [4.78, 5) is 5.47. The zero-order chi connectivity index (χ0) is 30.4. The Balaban J connectivity index is 4.88. The molecule has 230 valence electrons. The quantitative estimate of drug-likeness (QED) is 0.204. The van der Waals surface area contributed by atoms with Crippen molar-refractivity contribution in [2.75, 3.05) is 13.1 Å². The van der Waals surface area contributed by atoms with Gasteiger partial charge in [0.1, 0.15) is 0 Å². The molecule has 0 heterocycles. The Morgan fingerprint density at radius 3 is 0.868 bits per heavy atom. The van der Waals surface area contributed by atoms with Gasteiger partial charge in [0, 0.05) is 45.3 Å². The minimum atomic E-state index is 0.125. The first-order chi connectivity index (χ1) is 16.8. The standard InChI is InChI=1S/C34H74N4/c1-19-27(37(29(3,4)5)30(6,7)8)25-33(15,16)35-23-21-22-24-36-34(17,18)26-28(20-2)38(31(9,10)11)32(12,13)14/h27-28,35-36H,19-26H2,1-18H3. The molecule has 4 heteroatoms. The van der Waals surface area contributed by atoms with E-state index < -0.39 is 0 Å². The van der Waals surface area contributed by atoms with Gasteiger partial charge in [-0.15, -0.1) is 0 Å². The zero-order valence-corrected chi connectivity index (χ0v) is 29.7. The molecule has 0 aliphatic rings. The second-order valence-electron chi connectivity index (χ2n) is 17.3. The summed E-state index contributed by atoms with van der Waals surface area (Å²) in [6, 6.07) is 1.12. The molecule has 0 bridgehead atoms. The number of hydrogen-bond donors (Lipinski definition) is 2. The first-order valence-corrected chi connectivity index (χ1v) is 15.9. The van der Waals surface area contributed by atoms with Crippen molar-refractivity contribution in [2.45, 2.75) is 208 Å². The predicted octanol–water partition coefficient (Wildman–Crippen LogP) is 8.64. The van der Waals surface area contributed by atoms with Gasteiger partial charge in [-0.3, -0.25) is 9.80 Å². The molecule has 2 N–H and O–H groups in total. The molecule has 38 heavy (non-hydrogen) atoms. The van der Waals surface area contributed by atoms with Gasteiger partial charge >= 0.3 is 0 Å². The van der Waals surface area contributed by atoms with Crippen molar-refractivity contribution in [3.63, 3.8) is 0 Å². The summed E-state index contributed by atoms with van der Waals surface area (Å²) < 4.78 is 0. The summed E-state index contributed by atoms with van der Waals surface area (Å²) in [5, 5.41) is 7.82. The molecule has 0 aromatic rings. The van der Waals surface area contributed by atoms with Crippen LogP contribution in [-0.4, -0.2) is 68.2 Å². The van der Waals surface area contributed by atoms with Gasteiger partial charge in [-0.2, -0.15) is 0 Å². The molecule has 0 amide bonds. The number of nitrogens with zero attached hydrogens (tertiary/aromatic N) is 2. The molecule has 0 radical (unpaired) electrons. The molecule has 0 saturated heterocycles. The van der Waals surface area contributed by atoms with Crippen molar-refractivity contribution < 1.29 is 0 Å². The van der Waals surface area contributed by atoms with Crippen molar-refractivity contribution in [1.29, 1.82) is 0 Å². The molecular formula is C34H74N4. The molecule has 0 aromatic carbocycles. The van der Waals surface area contributed by atoms with Gasteiger partial charge in [0.05, 0.1) is 0 Å². The highest BCUT2D eigenvalue weighted by Gasteiger charge is 2.39. The van der Waals surface area contributed by atoms with Crippen LogP contribution in [-0.2, 0) is 0 Å². The topological polar surface area (TPSA) is 30.5 Å². The van der Waals surface area contributed by atoms with E-state index in [4.69, 9.17) is 0 Å².